The highest BCUT2D eigenvalue weighted by atomic mass is 32.1. The third-order valence-electron chi connectivity index (χ3n) is 7.96. The van der Waals surface area contributed by atoms with Crippen LogP contribution in [0.15, 0.2) is 103 Å². The number of anilines is 2. The maximum Gasteiger partial charge on any atom is 0.305 e. The molecule has 0 saturated carbocycles. The average Bonchev–Trinajstić information content (AvgIpc) is 3.15. The number of thiocarbonyl (C=S) groups is 1. The monoisotopic (exact) mass is 750 g/mol. The van der Waals surface area contributed by atoms with Gasteiger partial charge in [-0.05, 0) is 136 Å². The number of carboxylic acid groups (broad SMARTS) is 1. The zero-order valence-electron chi connectivity index (χ0n) is 30.3. The number of carboxylic acids is 1. The summed E-state index contributed by atoms with van der Waals surface area (Å²) in [4.78, 5) is 45.3. The van der Waals surface area contributed by atoms with Crippen molar-refractivity contribution in [3.63, 3.8) is 0 Å². The molecule has 12 nitrogen and oxygen atoms in total. The van der Waals surface area contributed by atoms with Crippen molar-refractivity contribution < 1.29 is 29.0 Å². The lowest BCUT2D eigenvalue weighted by Crippen LogP contribution is -2.38. The van der Waals surface area contributed by atoms with Crippen LogP contribution in [0.4, 0.5) is 17.2 Å². The summed E-state index contributed by atoms with van der Waals surface area (Å²) < 4.78 is 11.6. The second-order valence-corrected chi connectivity index (χ2v) is 12.8. The molecule has 1 aromatic heterocycles. The summed E-state index contributed by atoms with van der Waals surface area (Å²) in [5, 5.41) is 21.9. The lowest BCUT2D eigenvalue weighted by atomic mass is 10.0. The van der Waals surface area contributed by atoms with Crippen LogP contribution in [-0.4, -0.2) is 71.1 Å². The molecule has 1 unspecified atom stereocenters. The smallest absolute Gasteiger partial charge is 0.305 e. The highest BCUT2D eigenvalue weighted by molar-refractivity contribution is 7.80. The molecule has 0 bridgehead atoms. The van der Waals surface area contributed by atoms with Crippen LogP contribution in [0.5, 0.6) is 11.5 Å². The molecule has 0 spiro atoms. The first-order valence-corrected chi connectivity index (χ1v) is 18.1. The van der Waals surface area contributed by atoms with Gasteiger partial charge in [-0.3, -0.25) is 14.4 Å². The number of aromatic nitrogens is 1. The fraction of sp³-hybridized carbons (Fsp3) is 0.293. The molecule has 282 valence electrons. The first-order chi connectivity index (χ1) is 26.2. The molecule has 13 heteroatoms. The van der Waals surface area contributed by atoms with Crippen molar-refractivity contribution in [2.75, 3.05) is 36.9 Å². The Morgan fingerprint density at radius 1 is 0.907 bits per heavy atom. The van der Waals surface area contributed by atoms with Crippen molar-refractivity contribution in [3.05, 3.63) is 114 Å². The van der Waals surface area contributed by atoms with E-state index in [1.165, 1.54) is 0 Å². The van der Waals surface area contributed by atoms with Crippen LogP contribution in [-0.2, 0) is 16.0 Å². The lowest BCUT2D eigenvalue weighted by molar-refractivity contribution is -0.137. The molecule has 4 rings (SSSR count). The SMILES string of the molecule is C=C=Nc1ccc(NC(=S)NCC(=O)CCCCOc2ccc(C(=O)NC(CC(=O)O)Cc3ccc(OCCCNc4cccc(C)n4)cc3)cc2)cc1. The van der Waals surface area contributed by atoms with Gasteiger partial charge in [0, 0.05) is 36.0 Å². The molecule has 1 heterocycles. The Kier molecular flexibility index (Phi) is 16.7. The van der Waals surface area contributed by atoms with E-state index < -0.39 is 12.0 Å². The Bertz CT molecular complexity index is 1880. The van der Waals surface area contributed by atoms with Crippen molar-refractivity contribution in [3.8, 4) is 11.5 Å². The van der Waals surface area contributed by atoms with Crippen LogP contribution >= 0.6 is 12.2 Å². The number of hydrogen-bond donors (Lipinski definition) is 5. The van der Waals surface area contributed by atoms with Crippen LogP contribution in [0.3, 0.4) is 0 Å². The van der Waals surface area contributed by atoms with Gasteiger partial charge in [-0.1, -0.05) is 18.2 Å². The molecule has 0 fully saturated rings. The Hall–Kier alpha value is -6.04. The van der Waals surface area contributed by atoms with E-state index in [-0.39, 0.29) is 24.7 Å². The molecule has 4 aromatic rings. The van der Waals surface area contributed by atoms with E-state index in [0.717, 1.165) is 41.4 Å². The van der Waals surface area contributed by atoms with E-state index >= 15 is 0 Å². The van der Waals surface area contributed by atoms with Crippen molar-refractivity contribution in [2.45, 2.75) is 51.5 Å². The molecular formula is C41H46N6O6S. The van der Waals surface area contributed by atoms with Gasteiger partial charge in [-0.15, -0.1) is 0 Å². The van der Waals surface area contributed by atoms with Gasteiger partial charge < -0.3 is 35.8 Å². The Morgan fingerprint density at radius 2 is 1.59 bits per heavy atom. The summed E-state index contributed by atoms with van der Waals surface area (Å²) in [6, 6.07) is 26.6. The zero-order valence-corrected chi connectivity index (χ0v) is 31.1. The zero-order chi connectivity index (χ0) is 38.5. The number of ketones is 1. The maximum atomic E-state index is 13.0. The highest BCUT2D eigenvalue weighted by Crippen LogP contribution is 2.18. The minimum atomic E-state index is -1.01. The fourth-order valence-corrected chi connectivity index (χ4v) is 5.44. The van der Waals surface area contributed by atoms with Crippen molar-refractivity contribution >= 4 is 58.1 Å². The van der Waals surface area contributed by atoms with Crippen LogP contribution in [0.2, 0.25) is 0 Å². The van der Waals surface area contributed by atoms with Gasteiger partial charge in [0.25, 0.3) is 5.91 Å². The molecule has 0 saturated heterocycles. The molecule has 1 atom stereocenters. The van der Waals surface area contributed by atoms with E-state index in [1.54, 1.807) is 36.4 Å². The number of unbranched alkanes of at least 4 members (excludes halogenated alkanes) is 1. The summed E-state index contributed by atoms with van der Waals surface area (Å²) in [6.07, 6.45) is 2.61. The van der Waals surface area contributed by atoms with Crippen molar-refractivity contribution in [1.82, 2.24) is 15.6 Å². The number of aryl methyl sites for hydroxylation is 1. The Morgan fingerprint density at radius 3 is 2.26 bits per heavy atom. The normalized spacial score (nSPS) is 11.0. The first-order valence-electron chi connectivity index (χ1n) is 17.7. The minimum Gasteiger partial charge on any atom is -0.494 e. The molecule has 5 N–H and O–H groups in total. The predicted octanol–water partition coefficient (Wildman–Crippen LogP) is 6.68. The quantitative estimate of drug-likeness (QED) is 0.0331. The number of carbonyl (C=O) groups is 3. The summed E-state index contributed by atoms with van der Waals surface area (Å²) >= 11 is 5.27. The van der Waals surface area contributed by atoms with Crippen LogP contribution < -0.4 is 30.7 Å². The third-order valence-corrected chi connectivity index (χ3v) is 8.21. The number of benzene rings is 3. The first kappa shape index (κ1) is 40.7. The number of aliphatic imine (C=N–C) groups is 1. The Labute approximate surface area is 321 Å². The molecule has 1 amide bonds. The van der Waals surface area contributed by atoms with Gasteiger partial charge in [0.1, 0.15) is 17.3 Å². The number of hydrogen-bond acceptors (Lipinski definition) is 9. The highest BCUT2D eigenvalue weighted by Gasteiger charge is 2.18. The summed E-state index contributed by atoms with van der Waals surface area (Å²) in [5.74, 6) is 3.27. The van der Waals surface area contributed by atoms with Crippen molar-refractivity contribution in [2.24, 2.45) is 4.99 Å². The lowest BCUT2D eigenvalue weighted by Gasteiger charge is -2.18. The van der Waals surface area contributed by atoms with Gasteiger partial charge in [-0.2, -0.15) is 0 Å². The van der Waals surface area contributed by atoms with E-state index in [9.17, 15) is 19.5 Å². The number of pyridine rings is 1. The van der Waals surface area contributed by atoms with Crippen LogP contribution in [0.25, 0.3) is 0 Å². The number of amides is 1. The van der Waals surface area contributed by atoms with Crippen LogP contribution in [0, 0.1) is 6.92 Å². The maximum absolute atomic E-state index is 13.0. The number of aliphatic carboxylic acids is 1. The Balaban J connectivity index is 1.11. The number of ether oxygens (including phenoxy) is 2. The van der Waals surface area contributed by atoms with Gasteiger partial charge in [0.15, 0.2) is 10.9 Å². The molecule has 3 aromatic carbocycles. The minimum absolute atomic E-state index is 0.0319. The van der Waals surface area contributed by atoms with Gasteiger partial charge in [0.05, 0.1) is 31.9 Å². The standard InChI is InChI=1S/C41H46N6O6S/c1-3-42-32-15-17-33(18-16-32)47-41(54)44-28-35(48)9-4-5-24-52-37-21-13-31(14-22-37)40(51)46-34(27-39(49)50)26-30-11-19-36(20-12-30)53-25-7-23-43-38-10-6-8-29(2)45-38/h6,8,10-22,34H,1,4-5,7,9,23-28H2,2H3,(H,43,45)(H,46,51)(H,49,50)(H2,44,47,54). The van der Waals surface area contributed by atoms with Crippen LogP contribution in [0.1, 0.15) is 53.7 Å². The average molecular weight is 751 g/mol. The number of rotatable bonds is 22. The summed E-state index contributed by atoms with van der Waals surface area (Å²) in [7, 11) is 0. The van der Waals surface area contributed by atoms with Gasteiger partial charge >= 0.3 is 5.97 Å². The predicted molar refractivity (Wildman–Crippen MR) is 215 cm³/mol. The second kappa shape index (κ2) is 22.1. The van der Waals surface area contributed by atoms with E-state index in [2.05, 4.69) is 43.7 Å². The number of Topliss-reactive ketones (excluding diaryl/α,β-unsaturated/α-hetero) is 1. The largest absolute Gasteiger partial charge is 0.494 e. The van der Waals surface area contributed by atoms with Gasteiger partial charge in [-0.25, -0.2) is 9.98 Å². The molecule has 0 aliphatic heterocycles. The number of carbonyl (C=O) groups excluding carboxylic acids is 2. The molecule has 0 aliphatic carbocycles. The molecule has 0 radical (unpaired) electrons. The second-order valence-electron chi connectivity index (χ2n) is 12.4. The molecular weight excluding hydrogens is 705 g/mol. The number of nitrogens with zero attached hydrogens (tertiary/aromatic N) is 2. The molecule has 0 aliphatic rings. The fourth-order valence-electron chi connectivity index (χ4n) is 5.25. The molecule has 54 heavy (non-hydrogen) atoms. The number of nitrogens with one attached hydrogen (secondary N) is 4. The van der Waals surface area contributed by atoms with E-state index in [4.69, 9.17) is 21.7 Å². The topological polar surface area (TPSA) is 163 Å². The van der Waals surface area contributed by atoms with Crippen molar-refractivity contribution in [1.29, 1.82) is 0 Å². The van der Waals surface area contributed by atoms with E-state index in [0.29, 0.717) is 61.1 Å². The third kappa shape index (κ3) is 15.3. The summed E-state index contributed by atoms with van der Waals surface area (Å²) in [5.41, 5.74) is 3.72. The summed E-state index contributed by atoms with van der Waals surface area (Å²) in [6.45, 7) is 7.18. The van der Waals surface area contributed by atoms with E-state index in [1.807, 2.05) is 61.5 Å². The van der Waals surface area contributed by atoms with Gasteiger partial charge in [0.2, 0.25) is 0 Å².